The highest BCUT2D eigenvalue weighted by Gasteiger charge is 2.25. The van der Waals surface area contributed by atoms with E-state index in [1.165, 1.54) is 31.2 Å². The molecule has 2 aliphatic rings. The van der Waals surface area contributed by atoms with E-state index in [9.17, 15) is 0 Å². The van der Waals surface area contributed by atoms with E-state index in [2.05, 4.69) is 42.5 Å². The lowest BCUT2D eigenvalue weighted by Gasteiger charge is -2.24. The zero-order valence-corrected chi connectivity index (χ0v) is 8.95. The molecule has 0 amide bonds. The van der Waals surface area contributed by atoms with Crippen LogP contribution in [0, 0.1) is 5.92 Å². The second-order valence-electron chi connectivity index (χ2n) is 4.53. The van der Waals surface area contributed by atoms with E-state index < -0.39 is 0 Å². The lowest BCUT2D eigenvalue weighted by Crippen LogP contribution is -2.08. The van der Waals surface area contributed by atoms with Gasteiger partial charge in [-0.05, 0) is 30.4 Å². The van der Waals surface area contributed by atoms with Crippen LogP contribution in [0.25, 0.3) is 5.57 Å². The molecule has 0 bridgehead atoms. The van der Waals surface area contributed by atoms with Gasteiger partial charge >= 0.3 is 0 Å². The Morgan fingerprint density at radius 3 is 2.67 bits per heavy atom. The molecule has 0 spiro atoms. The molecule has 15 heavy (non-hydrogen) atoms. The van der Waals surface area contributed by atoms with E-state index in [0.717, 1.165) is 5.92 Å². The third-order valence-corrected chi connectivity index (χ3v) is 3.62. The summed E-state index contributed by atoms with van der Waals surface area (Å²) in [4.78, 5) is 0. The quantitative estimate of drug-likeness (QED) is 0.631. The molecule has 0 unspecified atom stereocenters. The average molecular weight is 196 g/mol. The molecule has 0 saturated heterocycles. The Morgan fingerprint density at radius 1 is 0.933 bits per heavy atom. The number of hydrogen-bond acceptors (Lipinski definition) is 0. The maximum atomic E-state index is 2.35. The molecule has 0 N–H and O–H groups in total. The predicted molar refractivity (Wildman–Crippen MR) is 64.5 cm³/mol. The van der Waals surface area contributed by atoms with E-state index in [-0.39, 0.29) is 0 Å². The Balaban J connectivity index is 1.91. The van der Waals surface area contributed by atoms with Crippen LogP contribution in [-0.4, -0.2) is 0 Å². The number of benzene rings is 1. The molecule has 0 aromatic heterocycles. The SMILES string of the molecule is C1=C2CCCC[C@@H]2C(c2ccccc2)=C1. The van der Waals surface area contributed by atoms with Crippen molar-refractivity contribution in [1.29, 1.82) is 0 Å². The maximum absolute atomic E-state index is 2.35. The molecule has 0 nitrogen and oxygen atoms in total. The van der Waals surface area contributed by atoms with Crippen LogP contribution in [-0.2, 0) is 0 Å². The van der Waals surface area contributed by atoms with Crippen LogP contribution >= 0.6 is 0 Å². The van der Waals surface area contributed by atoms with Crippen LogP contribution in [0.1, 0.15) is 31.2 Å². The molecule has 0 heteroatoms. The highest BCUT2D eigenvalue weighted by Crippen LogP contribution is 2.42. The van der Waals surface area contributed by atoms with Crippen molar-refractivity contribution in [3.05, 3.63) is 53.6 Å². The van der Waals surface area contributed by atoms with Gasteiger partial charge in [0.2, 0.25) is 0 Å². The summed E-state index contributed by atoms with van der Waals surface area (Å²) in [5, 5.41) is 0. The standard InChI is InChI=1S/C15H16/c1-2-6-12(7-3-1)15-11-10-13-8-4-5-9-14(13)15/h1-3,6-7,10-11,14H,4-5,8-9H2/t14-/m0/s1. The van der Waals surface area contributed by atoms with Crippen LogP contribution in [0.15, 0.2) is 48.1 Å². The normalized spacial score (nSPS) is 24.4. The molecule has 0 heterocycles. The summed E-state index contributed by atoms with van der Waals surface area (Å²) in [6.45, 7) is 0. The molecule has 1 aromatic rings. The minimum Gasteiger partial charge on any atom is -0.0627 e. The summed E-state index contributed by atoms with van der Waals surface area (Å²) in [6, 6.07) is 10.8. The lowest BCUT2D eigenvalue weighted by molar-refractivity contribution is 0.534. The van der Waals surface area contributed by atoms with E-state index in [1.807, 2.05) is 0 Å². The highest BCUT2D eigenvalue weighted by atomic mass is 14.3. The first-order valence-corrected chi connectivity index (χ1v) is 5.91. The first-order valence-electron chi connectivity index (χ1n) is 5.91. The Kier molecular flexibility index (Phi) is 2.21. The number of rotatable bonds is 1. The van der Waals surface area contributed by atoms with Gasteiger partial charge in [-0.1, -0.05) is 54.5 Å². The van der Waals surface area contributed by atoms with Crippen LogP contribution < -0.4 is 0 Å². The average Bonchev–Trinajstić information content (AvgIpc) is 2.74. The van der Waals surface area contributed by atoms with Crippen LogP contribution in [0.4, 0.5) is 0 Å². The Hall–Kier alpha value is -1.30. The van der Waals surface area contributed by atoms with E-state index >= 15 is 0 Å². The maximum Gasteiger partial charge on any atom is 0.00572 e. The molecule has 0 radical (unpaired) electrons. The molecule has 3 rings (SSSR count). The molecular weight excluding hydrogens is 180 g/mol. The van der Waals surface area contributed by atoms with Crippen molar-refractivity contribution < 1.29 is 0 Å². The van der Waals surface area contributed by atoms with Crippen molar-refractivity contribution in [2.75, 3.05) is 0 Å². The van der Waals surface area contributed by atoms with Gasteiger partial charge in [-0.2, -0.15) is 0 Å². The van der Waals surface area contributed by atoms with Crippen molar-refractivity contribution in [3.63, 3.8) is 0 Å². The predicted octanol–water partition coefficient (Wildman–Crippen LogP) is 4.20. The second kappa shape index (κ2) is 3.69. The van der Waals surface area contributed by atoms with E-state index in [4.69, 9.17) is 0 Å². The first kappa shape index (κ1) is 8.96. The first-order chi connectivity index (χ1) is 7.45. The fraction of sp³-hybridized carbons (Fsp3) is 0.333. The molecular formula is C15H16. The molecule has 1 atom stereocenters. The fourth-order valence-corrected chi connectivity index (χ4v) is 2.83. The van der Waals surface area contributed by atoms with Gasteiger partial charge in [0.15, 0.2) is 0 Å². The van der Waals surface area contributed by atoms with Gasteiger partial charge in [0.25, 0.3) is 0 Å². The zero-order valence-electron chi connectivity index (χ0n) is 8.95. The Bertz CT molecular complexity index is 409. The minimum absolute atomic E-state index is 0.737. The van der Waals surface area contributed by atoms with Crippen molar-refractivity contribution >= 4 is 5.57 Å². The summed E-state index contributed by atoms with van der Waals surface area (Å²) in [7, 11) is 0. The van der Waals surface area contributed by atoms with Gasteiger partial charge in [0, 0.05) is 5.92 Å². The number of fused-ring (bicyclic) bond motifs is 1. The van der Waals surface area contributed by atoms with Crippen molar-refractivity contribution in [1.82, 2.24) is 0 Å². The zero-order chi connectivity index (χ0) is 10.1. The van der Waals surface area contributed by atoms with E-state index in [0.29, 0.717) is 0 Å². The van der Waals surface area contributed by atoms with Gasteiger partial charge in [-0.15, -0.1) is 0 Å². The van der Waals surface area contributed by atoms with Crippen molar-refractivity contribution in [3.8, 4) is 0 Å². The second-order valence-corrected chi connectivity index (χ2v) is 4.53. The third kappa shape index (κ3) is 1.54. The highest BCUT2D eigenvalue weighted by molar-refractivity contribution is 5.74. The number of hydrogen-bond donors (Lipinski definition) is 0. The number of allylic oxidation sites excluding steroid dienone is 4. The smallest absolute Gasteiger partial charge is 0.00572 e. The van der Waals surface area contributed by atoms with Crippen LogP contribution in [0.2, 0.25) is 0 Å². The summed E-state index contributed by atoms with van der Waals surface area (Å²) in [5.41, 5.74) is 4.63. The van der Waals surface area contributed by atoms with E-state index in [1.54, 1.807) is 11.1 Å². The van der Waals surface area contributed by atoms with Gasteiger partial charge in [-0.25, -0.2) is 0 Å². The third-order valence-electron chi connectivity index (χ3n) is 3.62. The van der Waals surface area contributed by atoms with Gasteiger partial charge in [0.1, 0.15) is 0 Å². The minimum atomic E-state index is 0.737. The Labute approximate surface area is 91.3 Å². The molecule has 1 fully saturated rings. The monoisotopic (exact) mass is 196 g/mol. The van der Waals surface area contributed by atoms with Crippen LogP contribution in [0.5, 0.6) is 0 Å². The van der Waals surface area contributed by atoms with Crippen molar-refractivity contribution in [2.24, 2.45) is 5.92 Å². The summed E-state index contributed by atoms with van der Waals surface area (Å²) in [5.74, 6) is 0.737. The topological polar surface area (TPSA) is 0 Å². The molecule has 1 aromatic carbocycles. The summed E-state index contributed by atoms with van der Waals surface area (Å²) in [6.07, 6.45) is 10.1. The van der Waals surface area contributed by atoms with Crippen LogP contribution in [0.3, 0.4) is 0 Å². The largest absolute Gasteiger partial charge is 0.0627 e. The summed E-state index contributed by atoms with van der Waals surface area (Å²) < 4.78 is 0. The molecule has 1 saturated carbocycles. The fourth-order valence-electron chi connectivity index (χ4n) is 2.83. The van der Waals surface area contributed by atoms with Crippen molar-refractivity contribution in [2.45, 2.75) is 25.7 Å². The molecule has 2 aliphatic carbocycles. The lowest BCUT2D eigenvalue weighted by atomic mass is 9.81. The van der Waals surface area contributed by atoms with Gasteiger partial charge in [0.05, 0.1) is 0 Å². The molecule has 0 aliphatic heterocycles. The van der Waals surface area contributed by atoms with Gasteiger partial charge in [-0.3, -0.25) is 0 Å². The summed E-state index contributed by atoms with van der Waals surface area (Å²) >= 11 is 0. The molecule has 76 valence electrons. The van der Waals surface area contributed by atoms with Gasteiger partial charge < -0.3 is 0 Å². The Morgan fingerprint density at radius 2 is 1.80 bits per heavy atom.